The molecule has 1 aromatic carbocycles. The molecule has 3 aromatic rings. The van der Waals surface area contributed by atoms with E-state index in [9.17, 15) is 4.79 Å². The molecule has 8 heteroatoms. The number of H-pyrrole nitrogens is 1. The van der Waals surface area contributed by atoms with Crippen molar-refractivity contribution in [1.82, 2.24) is 19.6 Å². The van der Waals surface area contributed by atoms with Crippen molar-refractivity contribution < 1.29 is 4.74 Å². The van der Waals surface area contributed by atoms with Crippen molar-refractivity contribution >= 4 is 23.3 Å². The van der Waals surface area contributed by atoms with Crippen LogP contribution in [0.1, 0.15) is 18.2 Å². The van der Waals surface area contributed by atoms with Gasteiger partial charge in [-0.2, -0.15) is 9.50 Å². The summed E-state index contributed by atoms with van der Waals surface area (Å²) in [5, 5.41) is 6.06. The van der Waals surface area contributed by atoms with Crippen molar-refractivity contribution in [2.45, 2.75) is 20.4 Å². The van der Waals surface area contributed by atoms with E-state index in [2.05, 4.69) is 20.4 Å². The number of halogens is 1. The summed E-state index contributed by atoms with van der Waals surface area (Å²) in [6.07, 6.45) is 0. The molecular weight excluding hydrogens is 318 g/mol. The van der Waals surface area contributed by atoms with Crippen molar-refractivity contribution in [3.63, 3.8) is 0 Å². The molecule has 0 saturated carbocycles. The highest BCUT2D eigenvalue weighted by Gasteiger charge is 2.11. The third-order valence-electron chi connectivity index (χ3n) is 3.32. The molecule has 23 heavy (non-hydrogen) atoms. The van der Waals surface area contributed by atoms with Crippen molar-refractivity contribution in [3.05, 3.63) is 50.9 Å². The fraction of sp³-hybridized carbons (Fsp3) is 0.267. The van der Waals surface area contributed by atoms with Crippen LogP contribution in [-0.2, 0) is 6.54 Å². The van der Waals surface area contributed by atoms with Crippen LogP contribution in [0, 0.1) is 6.92 Å². The zero-order valence-corrected chi connectivity index (χ0v) is 13.5. The summed E-state index contributed by atoms with van der Waals surface area (Å²) in [6.45, 7) is 4.70. The third-order valence-corrected chi connectivity index (χ3v) is 3.76. The Morgan fingerprint density at radius 3 is 2.91 bits per heavy atom. The first-order valence-corrected chi connectivity index (χ1v) is 7.57. The second-order valence-corrected chi connectivity index (χ2v) is 5.30. The van der Waals surface area contributed by atoms with Crippen molar-refractivity contribution in [2.24, 2.45) is 0 Å². The molecule has 7 nitrogen and oxygen atoms in total. The Labute approximate surface area is 137 Å². The Kier molecular flexibility index (Phi) is 4.20. The van der Waals surface area contributed by atoms with Gasteiger partial charge in [0.25, 0.3) is 11.3 Å². The lowest BCUT2D eigenvalue weighted by Gasteiger charge is -2.09. The number of benzene rings is 1. The van der Waals surface area contributed by atoms with Crippen LogP contribution in [0.25, 0.3) is 5.78 Å². The number of hydrogen-bond donors (Lipinski definition) is 2. The van der Waals surface area contributed by atoms with Crippen LogP contribution < -0.4 is 15.6 Å². The normalized spacial score (nSPS) is 10.9. The predicted molar refractivity (Wildman–Crippen MR) is 88.3 cm³/mol. The van der Waals surface area contributed by atoms with Crippen LogP contribution in [0.2, 0.25) is 5.02 Å². The molecule has 0 bridgehead atoms. The van der Waals surface area contributed by atoms with Crippen LogP contribution in [0.15, 0.2) is 29.1 Å². The Bertz CT molecular complexity index is 903. The van der Waals surface area contributed by atoms with E-state index < -0.39 is 0 Å². The molecule has 2 N–H and O–H groups in total. The number of nitrogens with zero attached hydrogens (tertiary/aromatic N) is 3. The van der Waals surface area contributed by atoms with E-state index in [4.69, 9.17) is 16.3 Å². The maximum Gasteiger partial charge on any atom is 0.293 e. The average molecular weight is 334 g/mol. The Hall–Kier alpha value is -2.54. The minimum Gasteiger partial charge on any atom is -0.494 e. The summed E-state index contributed by atoms with van der Waals surface area (Å²) in [5.74, 6) is 1.52. The minimum atomic E-state index is -0.371. The van der Waals surface area contributed by atoms with E-state index in [1.165, 1.54) is 4.52 Å². The second kappa shape index (κ2) is 6.29. The van der Waals surface area contributed by atoms with E-state index in [0.717, 1.165) is 11.3 Å². The molecule has 2 heterocycles. The summed E-state index contributed by atoms with van der Waals surface area (Å²) in [6, 6.07) is 7.73. The van der Waals surface area contributed by atoms with Crippen LogP contribution in [0.5, 0.6) is 5.75 Å². The summed E-state index contributed by atoms with van der Waals surface area (Å²) < 4.78 is 6.79. The number of aromatic amines is 1. The number of ether oxygens (including phenoxy) is 1. The Morgan fingerprint density at radius 2 is 2.13 bits per heavy atom. The molecule has 0 aliphatic rings. The number of fused-ring (bicyclic) bond motifs is 1. The summed E-state index contributed by atoms with van der Waals surface area (Å²) in [7, 11) is 0. The number of anilines is 1. The van der Waals surface area contributed by atoms with E-state index in [1.807, 2.05) is 31.2 Å². The number of para-hydroxylation sites is 1. The molecule has 0 fully saturated rings. The van der Waals surface area contributed by atoms with Gasteiger partial charge in [0.15, 0.2) is 0 Å². The molecule has 0 spiro atoms. The van der Waals surface area contributed by atoms with Gasteiger partial charge in [-0.05, 0) is 19.9 Å². The minimum absolute atomic E-state index is 0.0828. The first kappa shape index (κ1) is 15.4. The predicted octanol–water partition coefficient (Wildman–Crippen LogP) is 2.39. The molecule has 0 radical (unpaired) electrons. The third kappa shape index (κ3) is 3.00. The lowest BCUT2D eigenvalue weighted by Crippen LogP contribution is -2.17. The number of aromatic nitrogens is 4. The van der Waals surface area contributed by atoms with Crippen LogP contribution in [-0.4, -0.2) is 26.2 Å². The molecule has 0 atom stereocenters. The summed E-state index contributed by atoms with van der Waals surface area (Å²) in [4.78, 5) is 20.5. The lowest BCUT2D eigenvalue weighted by atomic mass is 10.2. The van der Waals surface area contributed by atoms with Crippen LogP contribution in [0.3, 0.4) is 0 Å². The molecule has 3 rings (SSSR count). The molecule has 0 aliphatic carbocycles. The SMILES string of the molecule is CCOc1ccccc1CNc1nc2nc(C)c(Cl)c(=O)n2[nH]1. The molecule has 0 amide bonds. The first-order chi connectivity index (χ1) is 11.1. The van der Waals surface area contributed by atoms with Gasteiger partial charge in [0.05, 0.1) is 12.3 Å². The molecule has 0 unspecified atom stereocenters. The zero-order valence-electron chi connectivity index (χ0n) is 12.8. The zero-order chi connectivity index (χ0) is 16.4. The topological polar surface area (TPSA) is 84.3 Å². The monoisotopic (exact) mass is 333 g/mol. The molecule has 120 valence electrons. The number of rotatable bonds is 5. The maximum absolute atomic E-state index is 12.0. The first-order valence-electron chi connectivity index (χ1n) is 7.19. The quantitative estimate of drug-likeness (QED) is 0.749. The van der Waals surface area contributed by atoms with E-state index >= 15 is 0 Å². The largest absolute Gasteiger partial charge is 0.494 e. The number of nitrogens with one attached hydrogen (secondary N) is 2. The number of aryl methyl sites for hydroxylation is 1. The highest BCUT2D eigenvalue weighted by Crippen LogP contribution is 2.19. The van der Waals surface area contributed by atoms with Gasteiger partial charge in [-0.25, -0.2) is 4.98 Å². The van der Waals surface area contributed by atoms with Gasteiger partial charge < -0.3 is 10.1 Å². The van der Waals surface area contributed by atoms with Gasteiger partial charge in [-0.3, -0.25) is 9.89 Å². The fourth-order valence-electron chi connectivity index (χ4n) is 2.20. The van der Waals surface area contributed by atoms with Crippen molar-refractivity contribution in [3.8, 4) is 5.75 Å². The van der Waals surface area contributed by atoms with Crippen molar-refractivity contribution in [2.75, 3.05) is 11.9 Å². The van der Waals surface area contributed by atoms with E-state index in [-0.39, 0.29) is 16.4 Å². The number of hydrogen-bond acceptors (Lipinski definition) is 5. The smallest absolute Gasteiger partial charge is 0.293 e. The Balaban J connectivity index is 1.86. The van der Waals surface area contributed by atoms with Crippen LogP contribution >= 0.6 is 11.6 Å². The van der Waals surface area contributed by atoms with Gasteiger partial charge in [0, 0.05) is 12.1 Å². The summed E-state index contributed by atoms with van der Waals surface area (Å²) >= 11 is 5.91. The fourth-order valence-corrected chi connectivity index (χ4v) is 2.33. The summed E-state index contributed by atoms with van der Waals surface area (Å²) in [5.41, 5.74) is 1.07. The Morgan fingerprint density at radius 1 is 1.35 bits per heavy atom. The van der Waals surface area contributed by atoms with Gasteiger partial charge >= 0.3 is 0 Å². The van der Waals surface area contributed by atoms with Gasteiger partial charge in [0.1, 0.15) is 10.8 Å². The molecular formula is C15H16ClN5O2. The highest BCUT2D eigenvalue weighted by molar-refractivity contribution is 6.31. The van der Waals surface area contributed by atoms with Gasteiger partial charge in [-0.1, -0.05) is 29.8 Å². The van der Waals surface area contributed by atoms with Crippen molar-refractivity contribution in [1.29, 1.82) is 0 Å². The van der Waals surface area contributed by atoms with E-state index in [1.54, 1.807) is 6.92 Å². The maximum atomic E-state index is 12.0. The second-order valence-electron chi connectivity index (χ2n) is 4.92. The van der Waals surface area contributed by atoms with Gasteiger partial charge in [0.2, 0.25) is 5.95 Å². The van der Waals surface area contributed by atoms with E-state index in [0.29, 0.717) is 24.8 Å². The standard InChI is InChI=1S/C15H16ClN5O2/c1-3-23-11-7-5-4-6-10(11)8-17-14-19-15-18-9(2)12(16)13(22)21(15)20-14/h4-7H,3,8H2,1-2H3,(H2,17,18,19,20). The molecule has 2 aromatic heterocycles. The average Bonchev–Trinajstić information content (AvgIpc) is 2.95. The van der Waals surface area contributed by atoms with Gasteiger partial charge in [-0.15, -0.1) is 0 Å². The molecule has 0 saturated heterocycles. The lowest BCUT2D eigenvalue weighted by molar-refractivity contribution is 0.337. The molecule has 0 aliphatic heterocycles. The highest BCUT2D eigenvalue weighted by atomic mass is 35.5. The van der Waals surface area contributed by atoms with Crippen LogP contribution in [0.4, 0.5) is 5.95 Å².